The summed E-state index contributed by atoms with van der Waals surface area (Å²) in [5.74, 6) is -2.16. The van der Waals surface area contributed by atoms with Crippen LogP contribution in [0.3, 0.4) is 0 Å². The van der Waals surface area contributed by atoms with Crippen LogP contribution in [0.15, 0.2) is 24.3 Å². The molecule has 0 unspecified atom stereocenters. The Hall–Kier alpha value is -1.59. The third-order valence-corrected chi connectivity index (χ3v) is 2.56. The molecule has 1 rings (SSSR count). The van der Waals surface area contributed by atoms with Gasteiger partial charge in [-0.3, -0.25) is 0 Å². The Balaban J connectivity index is 2.97. The van der Waals surface area contributed by atoms with Gasteiger partial charge < -0.3 is 19.3 Å². The number of carboxylic acids is 1. The molecule has 0 heterocycles. The highest BCUT2D eigenvalue weighted by molar-refractivity contribution is 5.76. The fraction of sp³-hybridized carbons (Fsp3) is 0.417. The number of ether oxygens (including phenoxy) is 3. The van der Waals surface area contributed by atoms with Gasteiger partial charge >= 0.3 is 5.97 Å². The predicted octanol–water partition coefficient (Wildman–Crippen LogP) is 1.31. The van der Waals surface area contributed by atoms with Crippen LogP contribution < -0.4 is 4.74 Å². The first-order chi connectivity index (χ1) is 8.07. The minimum Gasteiger partial charge on any atom is -0.497 e. The standard InChI is InChI=1S/C12H16O5/c1-15-10-6-4-5-9(7-10)8-12(16-2,17-3)11(13)14/h4-7H,8H2,1-3H3,(H,13,14). The normalized spacial score (nSPS) is 11.2. The second kappa shape index (κ2) is 5.65. The number of hydrogen-bond donors (Lipinski definition) is 1. The smallest absolute Gasteiger partial charge is 0.364 e. The van der Waals surface area contributed by atoms with Crippen LogP contribution >= 0.6 is 0 Å². The lowest BCUT2D eigenvalue weighted by Crippen LogP contribution is -2.44. The van der Waals surface area contributed by atoms with Gasteiger partial charge in [0.1, 0.15) is 5.75 Å². The van der Waals surface area contributed by atoms with Crippen molar-refractivity contribution in [3.63, 3.8) is 0 Å². The molecule has 0 radical (unpaired) electrons. The second-order valence-electron chi connectivity index (χ2n) is 3.49. The molecule has 5 heteroatoms. The van der Waals surface area contributed by atoms with Crippen molar-refractivity contribution in [1.29, 1.82) is 0 Å². The fourth-order valence-electron chi connectivity index (χ4n) is 1.53. The quantitative estimate of drug-likeness (QED) is 0.759. The van der Waals surface area contributed by atoms with Gasteiger partial charge in [0, 0.05) is 20.6 Å². The number of methoxy groups -OCH3 is 3. The number of rotatable bonds is 6. The number of carbonyl (C=O) groups is 1. The monoisotopic (exact) mass is 240 g/mol. The lowest BCUT2D eigenvalue weighted by molar-refractivity contribution is -0.224. The van der Waals surface area contributed by atoms with Crippen molar-refractivity contribution in [3.8, 4) is 5.75 Å². The van der Waals surface area contributed by atoms with Crippen LogP contribution in [-0.2, 0) is 20.7 Å². The third kappa shape index (κ3) is 2.95. The molecule has 0 aliphatic carbocycles. The number of aliphatic carboxylic acids is 1. The predicted molar refractivity (Wildman–Crippen MR) is 61.1 cm³/mol. The summed E-state index contributed by atoms with van der Waals surface area (Å²) in [6.07, 6.45) is 0.104. The molecular weight excluding hydrogens is 224 g/mol. The van der Waals surface area contributed by atoms with E-state index in [4.69, 9.17) is 19.3 Å². The molecule has 1 N–H and O–H groups in total. The van der Waals surface area contributed by atoms with Crippen molar-refractivity contribution >= 4 is 5.97 Å². The Morgan fingerprint density at radius 1 is 1.29 bits per heavy atom. The Morgan fingerprint density at radius 3 is 2.41 bits per heavy atom. The van der Waals surface area contributed by atoms with Gasteiger partial charge in [-0.1, -0.05) is 12.1 Å². The molecule has 0 saturated carbocycles. The van der Waals surface area contributed by atoms with Gasteiger partial charge in [-0.05, 0) is 17.7 Å². The first kappa shape index (κ1) is 13.5. The average Bonchev–Trinajstić information content (AvgIpc) is 2.36. The molecule has 94 valence electrons. The molecule has 0 fully saturated rings. The number of hydrogen-bond acceptors (Lipinski definition) is 4. The average molecular weight is 240 g/mol. The van der Waals surface area contributed by atoms with E-state index in [1.807, 2.05) is 0 Å². The maximum Gasteiger partial charge on any atom is 0.364 e. The molecule has 17 heavy (non-hydrogen) atoms. The molecule has 0 bridgehead atoms. The van der Waals surface area contributed by atoms with Crippen molar-refractivity contribution in [3.05, 3.63) is 29.8 Å². The van der Waals surface area contributed by atoms with E-state index in [9.17, 15) is 4.79 Å². The molecule has 0 aliphatic heterocycles. The van der Waals surface area contributed by atoms with Gasteiger partial charge in [-0.2, -0.15) is 0 Å². The molecule has 0 saturated heterocycles. The second-order valence-corrected chi connectivity index (χ2v) is 3.49. The van der Waals surface area contributed by atoms with E-state index in [0.717, 1.165) is 5.56 Å². The topological polar surface area (TPSA) is 65.0 Å². The lowest BCUT2D eigenvalue weighted by Gasteiger charge is -2.26. The van der Waals surface area contributed by atoms with Crippen LogP contribution in [0, 0.1) is 0 Å². The van der Waals surface area contributed by atoms with E-state index in [1.54, 1.807) is 31.4 Å². The first-order valence-electron chi connectivity index (χ1n) is 5.04. The van der Waals surface area contributed by atoms with E-state index in [2.05, 4.69) is 0 Å². The summed E-state index contributed by atoms with van der Waals surface area (Å²) >= 11 is 0. The molecule has 0 amide bonds. The minimum atomic E-state index is -1.66. The summed E-state index contributed by atoms with van der Waals surface area (Å²) < 4.78 is 15.0. The molecule has 1 aromatic carbocycles. The highest BCUT2D eigenvalue weighted by Gasteiger charge is 2.39. The largest absolute Gasteiger partial charge is 0.497 e. The molecule has 0 spiro atoms. The molecule has 0 aliphatic rings. The zero-order valence-electron chi connectivity index (χ0n) is 10.1. The van der Waals surface area contributed by atoms with Crippen LogP contribution in [0.2, 0.25) is 0 Å². The van der Waals surface area contributed by atoms with Gasteiger partial charge in [0.25, 0.3) is 5.79 Å². The van der Waals surface area contributed by atoms with E-state index in [-0.39, 0.29) is 6.42 Å². The number of benzene rings is 1. The Labute approximate surface area is 99.9 Å². The van der Waals surface area contributed by atoms with Crippen molar-refractivity contribution in [2.45, 2.75) is 12.2 Å². The van der Waals surface area contributed by atoms with Crippen LogP contribution in [0.5, 0.6) is 5.75 Å². The lowest BCUT2D eigenvalue weighted by atomic mass is 10.0. The third-order valence-electron chi connectivity index (χ3n) is 2.56. The van der Waals surface area contributed by atoms with Gasteiger partial charge in [0.2, 0.25) is 0 Å². The maximum atomic E-state index is 11.2. The summed E-state index contributed by atoms with van der Waals surface area (Å²) in [6, 6.07) is 7.10. The summed E-state index contributed by atoms with van der Waals surface area (Å²) in [5, 5.41) is 9.13. The van der Waals surface area contributed by atoms with E-state index in [0.29, 0.717) is 5.75 Å². The SMILES string of the molecule is COc1cccc(CC(OC)(OC)C(=O)O)c1. The summed E-state index contributed by atoms with van der Waals surface area (Å²) in [7, 11) is 4.16. The zero-order valence-corrected chi connectivity index (χ0v) is 10.1. The van der Waals surface area contributed by atoms with E-state index < -0.39 is 11.8 Å². The molecule has 1 aromatic rings. The van der Waals surface area contributed by atoms with Crippen molar-refractivity contribution in [2.24, 2.45) is 0 Å². The van der Waals surface area contributed by atoms with Gasteiger partial charge in [-0.15, -0.1) is 0 Å². The highest BCUT2D eigenvalue weighted by atomic mass is 16.7. The maximum absolute atomic E-state index is 11.2. The Bertz CT molecular complexity index is 384. The van der Waals surface area contributed by atoms with Crippen LogP contribution in [0.4, 0.5) is 0 Å². The summed E-state index contributed by atoms with van der Waals surface area (Å²) in [4.78, 5) is 11.2. The van der Waals surface area contributed by atoms with Crippen molar-refractivity contribution in [2.75, 3.05) is 21.3 Å². The van der Waals surface area contributed by atoms with Crippen LogP contribution in [0.25, 0.3) is 0 Å². The molecule has 5 nitrogen and oxygen atoms in total. The molecule has 0 aromatic heterocycles. The summed E-state index contributed by atoms with van der Waals surface area (Å²) in [5.41, 5.74) is 0.760. The van der Waals surface area contributed by atoms with Gasteiger partial charge in [-0.25, -0.2) is 4.79 Å². The minimum absolute atomic E-state index is 0.104. The zero-order chi connectivity index (χ0) is 12.9. The van der Waals surface area contributed by atoms with Crippen LogP contribution in [-0.4, -0.2) is 38.2 Å². The Morgan fingerprint density at radius 2 is 1.94 bits per heavy atom. The van der Waals surface area contributed by atoms with E-state index in [1.165, 1.54) is 14.2 Å². The fourth-order valence-corrected chi connectivity index (χ4v) is 1.53. The van der Waals surface area contributed by atoms with Gasteiger partial charge in [0.05, 0.1) is 7.11 Å². The molecular formula is C12H16O5. The van der Waals surface area contributed by atoms with Crippen molar-refractivity contribution < 1.29 is 24.1 Å². The molecule has 0 atom stereocenters. The highest BCUT2D eigenvalue weighted by Crippen LogP contribution is 2.21. The Kier molecular flexibility index (Phi) is 4.48. The van der Waals surface area contributed by atoms with Crippen LogP contribution in [0.1, 0.15) is 5.56 Å². The van der Waals surface area contributed by atoms with E-state index >= 15 is 0 Å². The van der Waals surface area contributed by atoms with Gasteiger partial charge in [0.15, 0.2) is 0 Å². The summed E-state index contributed by atoms with van der Waals surface area (Å²) in [6.45, 7) is 0. The number of carboxylic acid groups (broad SMARTS) is 1. The van der Waals surface area contributed by atoms with Crippen molar-refractivity contribution in [1.82, 2.24) is 0 Å². The first-order valence-corrected chi connectivity index (χ1v) is 5.04.